The van der Waals surface area contributed by atoms with Gasteiger partial charge in [0, 0.05) is 19.2 Å². The highest BCUT2D eigenvalue weighted by atomic mass is 35.5. The Kier molecular flexibility index (Phi) is 10.9. The Bertz CT molecular complexity index is 1200. The summed E-state index contributed by atoms with van der Waals surface area (Å²) < 4.78 is 53.0. The van der Waals surface area contributed by atoms with E-state index in [0.29, 0.717) is 27.5 Å². The van der Waals surface area contributed by atoms with Gasteiger partial charge in [-0.25, -0.2) is 17.2 Å². The molecule has 36 heavy (non-hydrogen) atoms. The van der Waals surface area contributed by atoms with Crippen molar-refractivity contribution in [2.75, 3.05) is 23.7 Å². The van der Waals surface area contributed by atoms with E-state index in [9.17, 15) is 26.8 Å². The van der Waals surface area contributed by atoms with Crippen molar-refractivity contribution in [3.05, 3.63) is 63.6 Å². The van der Waals surface area contributed by atoms with E-state index >= 15 is 0 Å². The number of benzene rings is 2. The Morgan fingerprint density at radius 2 is 1.72 bits per heavy atom. The second kappa shape index (κ2) is 13.2. The van der Waals surface area contributed by atoms with Gasteiger partial charge < -0.3 is 10.2 Å². The van der Waals surface area contributed by atoms with E-state index in [1.165, 1.54) is 4.90 Å². The summed E-state index contributed by atoms with van der Waals surface area (Å²) in [6.07, 6.45) is 2.70. The summed E-state index contributed by atoms with van der Waals surface area (Å²) in [5.41, 5.74) is 0.343. The molecule has 0 spiro atoms. The molecule has 0 radical (unpaired) electrons. The molecule has 2 rings (SSSR count). The van der Waals surface area contributed by atoms with Crippen LogP contribution in [0, 0.1) is 11.6 Å². The molecule has 0 aliphatic heterocycles. The summed E-state index contributed by atoms with van der Waals surface area (Å²) in [6.45, 7) is 3.32. The predicted molar refractivity (Wildman–Crippen MR) is 138 cm³/mol. The number of carbonyl (C=O) groups is 2. The van der Waals surface area contributed by atoms with Crippen molar-refractivity contribution in [2.24, 2.45) is 0 Å². The maximum absolute atomic E-state index is 13.8. The minimum absolute atomic E-state index is 0.0647. The first-order valence-electron chi connectivity index (χ1n) is 11.3. The Labute approximate surface area is 220 Å². The lowest BCUT2D eigenvalue weighted by molar-refractivity contribution is -0.140. The van der Waals surface area contributed by atoms with Crippen LogP contribution in [0.2, 0.25) is 10.0 Å². The van der Waals surface area contributed by atoms with Crippen molar-refractivity contribution in [3.8, 4) is 0 Å². The van der Waals surface area contributed by atoms with E-state index in [4.69, 9.17) is 23.2 Å². The first kappa shape index (κ1) is 29.8. The summed E-state index contributed by atoms with van der Waals surface area (Å²) in [5, 5.41) is 3.36. The van der Waals surface area contributed by atoms with Crippen LogP contribution in [0.3, 0.4) is 0 Å². The molecule has 198 valence electrons. The van der Waals surface area contributed by atoms with Crippen molar-refractivity contribution in [1.82, 2.24) is 10.2 Å². The van der Waals surface area contributed by atoms with E-state index in [0.717, 1.165) is 31.2 Å². The molecule has 0 saturated heterocycles. The van der Waals surface area contributed by atoms with Gasteiger partial charge in [0.1, 0.15) is 12.6 Å². The van der Waals surface area contributed by atoms with E-state index < -0.39 is 46.1 Å². The molecule has 1 N–H and O–H groups in total. The highest BCUT2D eigenvalue weighted by molar-refractivity contribution is 7.92. The lowest BCUT2D eigenvalue weighted by Crippen LogP contribution is -2.52. The van der Waals surface area contributed by atoms with Crippen molar-refractivity contribution in [3.63, 3.8) is 0 Å². The van der Waals surface area contributed by atoms with Crippen LogP contribution in [0.1, 0.15) is 38.7 Å². The molecule has 0 aromatic heterocycles. The van der Waals surface area contributed by atoms with Crippen molar-refractivity contribution in [2.45, 2.75) is 45.7 Å². The van der Waals surface area contributed by atoms with Crippen molar-refractivity contribution >= 4 is 50.7 Å². The van der Waals surface area contributed by atoms with Gasteiger partial charge in [-0.1, -0.05) is 49.5 Å². The van der Waals surface area contributed by atoms with E-state index in [1.54, 1.807) is 25.1 Å². The van der Waals surface area contributed by atoms with E-state index in [1.807, 2.05) is 6.92 Å². The monoisotopic (exact) mass is 563 g/mol. The molecule has 0 aliphatic rings. The zero-order valence-corrected chi connectivity index (χ0v) is 22.6. The lowest BCUT2D eigenvalue weighted by Gasteiger charge is -2.33. The first-order valence-corrected chi connectivity index (χ1v) is 13.9. The highest BCUT2D eigenvalue weighted by Gasteiger charge is 2.32. The summed E-state index contributed by atoms with van der Waals surface area (Å²) >= 11 is 12.1. The SMILES string of the molecule is CCCCNC(=O)[C@H](CC)N(Cc1ccc(Cl)c(Cl)c1)C(=O)CN(c1ccc(F)c(F)c1)S(C)(=O)=O. The second-order valence-electron chi connectivity index (χ2n) is 8.21. The maximum atomic E-state index is 13.8. The molecule has 2 amide bonds. The van der Waals surface area contributed by atoms with Gasteiger partial charge in [0.15, 0.2) is 11.6 Å². The first-order chi connectivity index (χ1) is 16.9. The molecular formula is C24H29Cl2F2N3O4S. The Morgan fingerprint density at radius 1 is 1.03 bits per heavy atom. The second-order valence-corrected chi connectivity index (χ2v) is 10.9. The average molecular weight is 564 g/mol. The number of nitrogens with one attached hydrogen (secondary N) is 1. The number of unbranched alkanes of at least 4 members (excludes halogenated alkanes) is 1. The molecule has 0 aliphatic carbocycles. The summed E-state index contributed by atoms with van der Waals surface area (Å²) in [4.78, 5) is 27.7. The van der Waals surface area contributed by atoms with Crippen LogP contribution in [-0.2, 0) is 26.2 Å². The Balaban J connectivity index is 2.45. The molecule has 0 saturated carbocycles. The molecular weight excluding hydrogens is 535 g/mol. The number of rotatable bonds is 12. The van der Waals surface area contributed by atoms with Gasteiger partial charge in [0.25, 0.3) is 0 Å². The predicted octanol–water partition coefficient (Wildman–Crippen LogP) is 4.76. The molecule has 0 unspecified atom stereocenters. The van der Waals surface area contributed by atoms with Gasteiger partial charge in [-0.05, 0) is 42.7 Å². The average Bonchev–Trinajstić information content (AvgIpc) is 2.80. The van der Waals surface area contributed by atoms with Crippen LogP contribution in [0.4, 0.5) is 14.5 Å². The zero-order chi connectivity index (χ0) is 27.0. The molecule has 2 aromatic carbocycles. The number of nitrogens with zero attached hydrogens (tertiary/aromatic N) is 2. The van der Waals surface area contributed by atoms with E-state index in [2.05, 4.69) is 5.32 Å². The Morgan fingerprint density at radius 3 is 2.28 bits per heavy atom. The topological polar surface area (TPSA) is 86.8 Å². The number of hydrogen-bond acceptors (Lipinski definition) is 4. The largest absolute Gasteiger partial charge is 0.354 e. The molecule has 0 bridgehead atoms. The van der Waals surface area contributed by atoms with Crippen LogP contribution in [0.15, 0.2) is 36.4 Å². The lowest BCUT2D eigenvalue weighted by atomic mass is 10.1. The number of halogens is 4. The standard InChI is InChI=1S/C24H29Cl2F2N3O4S/c1-4-6-11-29-24(33)22(5-2)30(14-16-7-9-18(25)19(26)12-16)23(32)15-31(36(3,34)35)17-8-10-20(27)21(28)13-17/h7-10,12-13,22H,4-6,11,14-15H2,1-3H3,(H,29,33)/t22-/m0/s1. The maximum Gasteiger partial charge on any atom is 0.244 e. The van der Waals surface area contributed by atoms with Crippen LogP contribution < -0.4 is 9.62 Å². The van der Waals surface area contributed by atoms with Crippen molar-refractivity contribution in [1.29, 1.82) is 0 Å². The summed E-state index contributed by atoms with van der Waals surface area (Å²) in [7, 11) is -4.07. The zero-order valence-electron chi connectivity index (χ0n) is 20.2. The smallest absolute Gasteiger partial charge is 0.244 e. The molecule has 2 aromatic rings. The van der Waals surface area contributed by atoms with Gasteiger partial charge in [0.2, 0.25) is 21.8 Å². The fourth-order valence-corrected chi connectivity index (χ4v) is 4.68. The number of amides is 2. The fourth-order valence-electron chi connectivity index (χ4n) is 3.51. The molecule has 0 fully saturated rings. The van der Waals surface area contributed by atoms with Gasteiger partial charge in [0.05, 0.1) is 22.0 Å². The highest BCUT2D eigenvalue weighted by Crippen LogP contribution is 2.25. The van der Waals surface area contributed by atoms with Crippen LogP contribution in [0.25, 0.3) is 0 Å². The third-order valence-corrected chi connectivity index (χ3v) is 7.30. The van der Waals surface area contributed by atoms with Crippen LogP contribution in [-0.4, -0.2) is 50.5 Å². The normalized spacial score (nSPS) is 12.2. The van der Waals surface area contributed by atoms with Gasteiger partial charge in [-0.15, -0.1) is 0 Å². The quantitative estimate of drug-likeness (QED) is 0.377. The number of hydrogen-bond donors (Lipinski definition) is 1. The minimum atomic E-state index is -4.07. The minimum Gasteiger partial charge on any atom is -0.354 e. The summed E-state index contributed by atoms with van der Waals surface area (Å²) in [5.74, 6) is -3.52. The molecule has 7 nitrogen and oxygen atoms in total. The fraction of sp³-hybridized carbons (Fsp3) is 0.417. The molecule has 0 heterocycles. The number of carbonyl (C=O) groups excluding carboxylic acids is 2. The van der Waals surface area contributed by atoms with E-state index in [-0.39, 0.29) is 23.7 Å². The van der Waals surface area contributed by atoms with Crippen molar-refractivity contribution < 1.29 is 26.8 Å². The third-order valence-electron chi connectivity index (χ3n) is 5.42. The van der Waals surface area contributed by atoms with Gasteiger partial charge in [-0.3, -0.25) is 13.9 Å². The molecule has 12 heteroatoms. The number of sulfonamides is 1. The van der Waals surface area contributed by atoms with Gasteiger partial charge >= 0.3 is 0 Å². The van der Waals surface area contributed by atoms with Gasteiger partial charge in [-0.2, -0.15) is 0 Å². The number of anilines is 1. The molecule has 1 atom stereocenters. The summed E-state index contributed by atoms with van der Waals surface area (Å²) in [6, 6.07) is 6.35. The third kappa shape index (κ3) is 8.04. The van der Waals surface area contributed by atoms with Crippen LogP contribution in [0.5, 0.6) is 0 Å². The van der Waals surface area contributed by atoms with Crippen LogP contribution >= 0.6 is 23.2 Å². The Hall–Kier alpha value is -2.43.